The largest absolute Gasteiger partial charge is 0.508 e. The maximum Gasteiger partial charge on any atom is 0.232 e. The third-order valence-corrected chi connectivity index (χ3v) is 6.03. The van der Waals surface area contributed by atoms with Crippen LogP contribution in [-0.2, 0) is 21.4 Å². The number of likely N-dealkylation sites (tertiary alicyclic amines) is 1. The van der Waals surface area contributed by atoms with Gasteiger partial charge in [-0.3, -0.25) is 9.59 Å². The molecule has 6 nitrogen and oxygen atoms in total. The van der Waals surface area contributed by atoms with Gasteiger partial charge in [-0.1, -0.05) is 13.0 Å². The second-order valence-electron chi connectivity index (χ2n) is 7.28. The summed E-state index contributed by atoms with van der Waals surface area (Å²) in [6.45, 7) is 2.97. The van der Waals surface area contributed by atoms with Crippen LogP contribution in [0, 0.1) is 11.8 Å². The van der Waals surface area contributed by atoms with Crippen molar-refractivity contribution in [1.82, 2.24) is 10.2 Å². The summed E-state index contributed by atoms with van der Waals surface area (Å²) in [5.74, 6) is -1.81. The number of benzene rings is 1. The van der Waals surface area contributed by atoms with E-state index in [1.54, 1.807) is 12.1 Å². The molecular formula is C18H25N3O3. The quantitative estimate of drug-likeness (QED) is 0.698. The number of likely N-dealkylation sites (N-methyl/N-ethyl adjacent to an activating group) is 1. The SMILES string of the molecule is CNC(=O)C(C(N)=O)[C@H]1[C@H]2Cc3ccc(O)cc3[C@@]1(C)CCN2C. The number of nitrogens with one attached hydrogen (secondary N) is 1. The number of primary amides is 1. The number of carbonyl (C=O) groups is 2. The Morgan fingerprint density at radius 3 is 2.79 bits per heavy atom. The molecule has 2 aliphatic rings. The lowest BCUT2D eigenvalue weighted by molar-refractivity contribution is -0.140. The van der Waals surface area contributed by atoms with Crippen LogP contribution in [0.3, 0.4) is 0 Å². The summed E-state index contributed by atoms with van der Waals surface area (Å²) in [5, 5.41) is 12.6. The van der Waals surface area contributed by atoms with Crippen molar-refractivity contribution in [1.29, 1.82) is 0 Å². The number of rotatable bonds is 3. The molecule has 3 rings (SSSR count). The lowest BCUT2D eigenvalue weighted by Crippen LogP contribution is -2.63. The normalized spacial score (nSPS) is 30.3. The Morgan fingerprint density at radius 2 is 2.17 bits per heavy atom. The highest BCUT2D eigenvalue weighted by molar-refractivity contribution is 6.00. The van der Waals surface area contributed by atoms with Crippen molar-refractivity contribution in [2.24, 2.45) is 17.6 Å². The first-order valence-corrected chi connectivity index (χ1v) is 8.33. The Labute approximate surface area is 142 Å². The fourth-order valence-electron chi connectivity index (χ4n) is 4.75. The van der Waals surface area contributed by atoms with Crippen LogP contribution < -0.4 is 11.1 Å². The van der Waals surface area contributed by atoms with Gasteiger partial charge in [0.1, 0.15) is 11.7 Å². The molecule has 1 fully saturated rings. The second-order valence-corrected chi connectivity index (χ2v) is 7.28. The van der Waals surface area contributed by atoms with Crippen molar-refractivity contribution in [3.05, 3.63) is 29.3 Å². The topological polar surface area (TPSA) is 95.7 Å². The van der Waals surface area contributed by atoms with Gasteiger partial charge in [-0.05, 0) is 55.1 Å². The number of nitrogens with two attached hydrogens (primary N) is 1. The number of amides is 2. The summed E-state index contributed by atoms with van der Waals surface area (Å²) >= 11 is 0. The van der Waals surface area contributed by atoms with Crippen molar-refractivity contribution in [2.45, 2.75) is 31.2 Å². The number of hydrogen-bond acceptors (Lipinski definition) is 4. The predicted octanol–water partition coefficient (Wildman–Crippen LogP) is 0.374. The molecule has 0 spiro atoms. The molecule has 2 amide bonds. The summed E-state index contributed by atoms with van der Waals surface area (Å²) in [4.78, 5) is 26.8. The molecule has 24 heavy (non-hydrogen) atoms. The minimum Gasteiger partial charge on any atom is -0.508 e. The molecule has 1 aromatic carbocycles. The van der Waals surface area contributed by atoms with Gasteiger partial charge in [0, 0.05) is 19.0 Å². The van der Waals surface area contributed by atoms with Crippen LogP contribution in [0.15, 0.2) is 18.2 Å². The molecule has 6 heteroatoms. The second kappa shape index (κ2) is 5.77. The molecular weight excluding hydrogens is 306 g/mol. The lowest BCUT2D eigenvalue weighted by Gasteiger charge is -2.56. The van der Waals surface area contributed by atoms with Gasteiger partial charge in [0.05, 0.1) is 0 Å². The van der Waals surface area contributed by atoms with Gasteiger partial charge in [0.25, 0.3) is 0 Å². The number of aromatic hydroxyl groups is 1. The molecule has 0 saturated carbocycles. The van der Waals surface area contributed by atoms with Crippen LogP contribution in [-0.4, -0.2) is 48.5 Å². The van der Waals surface area contributed by atoms with Crippen molar-refractivity contribution >= 4 is 11.8 Å². The standard InChI is InChI=1S/C18H25N3O3/c1-18-6-7-21(3)13(8-10-4-5-11(22)9-12(10)18)15(18)14(16(19)23)17(24)20-2/h4-5,9,13-15,22H,6-8H2,1-3H3,(H2,19,23)(H,20,24)/t13-,14?,15-,18-/m1/s1. The van der Waals surface area contributed by atoms with Crippen LogP contribution in [0.5, 0.6) is 5.75 Å². The number of piperidine rings is 1. The number of nitrogens with zero attached hydrogens (tertiary/aromatic N) is 1. The third-order valence-electron chi connectivity index (χ3n) is 6.03. The van der Waals surface area contributed by atoms with Crippen LogP contribution in [0.1, 0.15) is 24.5 Å². The van der Waals surface area contributed by atoms with Gasteiger partial charge in [-0.25, -0.2) is 0 Å². The molecule has 4 atom stereocenters. The zero-order valence-electron chi connectivity index (χ0n) is 14.4. The summed E-state index contributed by atoms with van der Waals surface area (Å²) in [7, 11) is 3.56. The first kappa shape index (κ1) is 16.8. The summed E-state index contributed by atoms with van der Waals surface area (Å²) in [5.41, 5.74) is 7.46. The molecule has 1 aliphatic carbocycles. The van der Waals surface area contributed by atoms with Crippen LogP contribution in [0.4, 0.5) is 0 Å². The fourth-order valence-corrected chi connectivity index (χ4v) is 4.75. The third kappa shape index (κ3) is 2.36. The molecule has 1 aliphatic heterocycles. The molecule has 4 N–H and O–H groups in total. The average molecular weight is 331 g/mol. The first-order chi connectivity index (χ1) is 11.3. The zero-order chi connectivity index (χ0) is 17.6. The number of phenolic OH excluding ortho intramolecular Hbond substituents is 1. The van der Waals surface area contributed by atoms with E-state index in [-0.39, 0.29) is 29.0 Å². The molecule has 1 saturated heterocycles. The molecule has 1 unspecified atom stereocenters. The molecule has 0 radical (unpaired) electrons. The van der Waals surface area contributed by atoms with Crippen molar-refractivity contribution < 1.29 is 14.7 Å². The van der Waals surface area contributed by atoms with E-state index in [0.717, 1.165) is 24.9 Å². The van der Waals surface area contributed by atoms with Gasteiger partial charge in [0.2, 0.25) is 11.8 Å². The van der Waals surface area contributed by atoms with Crippen molar-refractivity contribution in [3.63, 3.8) is 0 Å². The molecule has 1 aromatic rings. The minimum absolute atomic E-state index is 0.0654. The van der Waals surface area contributed by atoms with E-state index in [2.05, 4.69) is 17.1 Å². The van der Waals surface area contributed by atoms with E-state index in [1.807, 2.05) is 13.1 Å². The van der Waals surface area contributed by atoms with Gasteiger partial charge in [-0.2, -0.15) is 0 Å². The number of carbonyl (C=O) groups excluding carboxylic acids is 2. The van der Waals surface area contributed by atoms with Crippen LogP contribution >= 0.6 is 0 Å². The maximum atomic E-state index is 12.4. The van der Waals surface area contributed by atoms with E-state index in [4.69, 9.17) is 5.73 Å². The van der Waals surface area contributed by atoms with Gasteiger partial charge >= 0.3 is 0 Å². The van der Waals surface area contributed by atoms with Gasteiger partial charge in [-0.15, -0.1) is 0 Å². The van der Waals surface area contributed by atoms with Crippen molar-refractivity contribution in [3.8, 4) is 5.75 Å². The highest BCUT2D eigenvalue weighted by Crippen LogP contribution is 2.51. The Balaban J connectivity index is 2.18. The Morgan fingerprint density at radius 1 is 1.46 bits per heavy atom. The number of fused-ring (bicyclic) bond motifs is 4. The highest BCUT2D eigenvalue weighted by atomic mass is 16.3. The molecule has 130 valence electrons. The summed E-state index contributed by atoms with van der Waals surface area (Å²) in [6, 6.07) is 5.49. The first-order valence-electron chi connectivity index (χ1n) is 8.33. The minimum atomic E-state index is -0.886. The summed E-state index contributed by atoms with van der Waals surface area (Å²) < 4.78 is 0. The van der Waals surface area contributed by atoms with E-state index in [1.165, 1.54) is 12.6 Å². The lowest BCUT2D eigenvalue weighted by atomic mass is 9.54. The number of phenols is 1. The average Bonchev–Trinajstić information content (AvgIpc) is 2.53. The smallest absolute Gasteiger partial charge is 0.232 e. The Hall–Kier alpha value is -2.08. The molecule has 1 heterocycles. The van der Waals surface area contributed by atoms with Gasteiger partial charge in [0.15, 0.2) is 0 Å². The Kier molecular flexibility index (Phi) is 4.03. The maximum absolute atomic E-state index is 12.4. The van der Waals surface area contributed by atoms with E-state index >= 15 is 0 Å². The van der Waals surface area contributed by atoms with Crippen LogP contribution in [0.2, 0.25) is 0 Å². The van der Waals surface area contributed by atoms with E-state index in [9.17, 15) is 14.7 Å². The molecule has 0 aromatic heterocycles. The highest BCUT2D eigenvalue weighted by Gasteiger charge is 2.55. The van der Waals surface area contributed by atoms with Crippen LogP contribution in [0.25, 0.3) is 0 Å². The fraction of sp³-hybridized carbons (Fsp3) is 0.556. The predicted molar refractivity (Wildman–Crippen MR) is 90.4 cm³/mol. The van der Waals surface area contributed by atoms with E-state index in [0.29, 0.717) is 0 Å². The monoisotopic (exact) mass is 331 g/mol. The number of hydrogen-bond donors (Lipinski definition) is 3. The van der Waals surface area contributed by atoms with E-state index < -0.39 is 11.8 Å². The van der Waals surface area contributed by atoms with Crippen molar-refractivity contribution in [2.75, 3.05) is 20.6 Å². The summed E-state index contributed by atoms with van der Waals surface area (Å²) in [6.07, 6.45) is 1.55. The molecule has 2 bridgehead atoms. The Bertz CT molecular complexity index is 690. The zero-order valence-corrected chi connectivity index (χ0v) is 14.4. The van der Waals surface area contributed by atoms with Gasteiger partial charge < -0.3 is 21.1 Å².